The van der Waals surface area contributed by atoms with Crippen molar-refractivity contribution < 1.29 is 0 Å². The van der Waals surface area contributed by atoms with Crippen LogP contribution in [0.5, 0.6) is 0 Å². The molecule has 1 aromatic heterocycles. The molecule has 2 heteroatoms. The number of aromatic nitrogens is 1. The van der Waals surface area contributed by atoms with Gasteiger partial charge in [0.25, 0.3) is 0 Å². The number of nitrogens with one attached hydrogen (secondary N) is 1. The van der Waals surface area contributed by atoms with E-state index in [0.29, 0.717) is 11.5 Å². The average Bonchev–Trinajstić information content (AvgIpc) is 1.85. The van der Waals surface area contributed by atoms with E-state index in [4.69, 9.17) is 5.41 Å². The summed E-state index contributed by atoms with van der Waals surface area (Å²) in [6.45, 7) is 6.16. The van der Waals surface area contributed by atoms with Crippen molar-refractivity contribution in [2.75, 3.05) is 0 Å². The molecule has 0 saturated heterocycles. The lowest BCUT2D eigenvalue weighted by Crippen LogP contribution is -2.20. The second-order valence-corrected chi connectivity index (χ2v) is 3.09. The molecule has 0 fully saturated rings. The van der Waals surface area contributed by atoms with Crippen molar-refractivity contribution in [3.8, 4) is 0 Å². The summed E-state index contributed by atoms with van der Waals surface area (Å²) in [5.74, 6) is 0. The zero-order valence-electron chi connectivity index (χ0n) is 7.26. The first-order chi connectivity index (χ1) is 5.11. The highest BCUT2D eigenvalue weighted by molar-refractivity contribution is 5.07. The molecule has 0 aromatic carbocycles. The van der Waals surface area contributed by atoms with Gasteiger partial charge >= 0.3 is 0 Å². The Hall–Kier alpha value is -1.05. The molecule has 0 aliphatic heterocycles. The Labute approximate surface area is 67.0 Å². The highest BCUT2D eigenvalue weighted by Gasteiger charge is 1.95. The van der Waals surface area contributed by atoms with E-state index in [9.17, 15) is 0 Å². The van der Waals surface area contributed by atoms with Gasteiger partial charge in [-0.2, -0.15) is 0 Å². The smallest absolute Gasteiger partial charge is 0.125 e. The maximum atomic E-state index is 7.60. The molecule has 0 radical (unpaired) electrons. The Morgan fingerprint density at radius 1 is 1.45 bits per heavy atom. The lowest BCUT2D eigenvalue weighted by Gasteiger charge is -2.10. The fraction of sp³-hybridized carbons (Fsp3) is 0.444. The molecular formula is C9H14N2. The van der Waals surface area contributed by atoms with E-state index in [1.807, 2.05) is 29.8 Å². The Balaban J connectivity index is 3.21. The summed E-state index contributed by atoms with van der Waals surface area (Å²) in [6.07, 6.45) is 1.96. The van der Waals surface area contributed by atoms with Crippen molar-refractivity contribution in [1.29, 1.82) is 5.41 Å². The number of aryl methyl sites for hydroxylation is 1. The summed E-state index contributed by atoms with van der Waals surface area (Å²) in [5.41, 5.74) is 1.73. The summed E-state index contributed by atoms with van der Waals surface area (Å²) < 4.78 is 1.94. The van der Waals surface area contributed by atoms with Crippen molar-refractivity contribution in [1.82, 2.24) is 4.57 Å². The average molecular weight is 150 g/mol. The zero-order chi connectivity index (χ0) is 8.43. The van der Waals surface area contributed by atoms with E-state index in [2.05, 4.69) is 13.8 Å². The largest absolute Gasteiger partial charge is 0.331 e. The molecule has 0 saturated carbocycles. The second kappa shape index (κ2) is 2.91. The van der Waals surface area contributed by atoms with Crippen molar-refractivity contribution in [3.05, 3.63) is 29.4 Å². The lowest BCUT2D eigenvalue weighted by molar-refractivity contribution is 0.564. The Morgan fingerprint density at radius 2 is 2.09 bits per heavy atom. The molecule has 0 amide bonds. The summed E-state index contributed by atoms with van der Waals surface area (Å²) in [5, 5.41) is 7.60. The second-order valence-electron chi connectivity index (χ2n) is 3.09. The van der Waals surface area contributed by atoms with Crippen LogP contribution >= 0.6 is 0 Å². The molecule has 0 bridgehead atoms. The first kappa shape index (κ1) is 8.05. The van der Waals surface area contributed by atoms with Crippen LogP contribution in [0.1, 0.15) is 25.5 Å². The van der Waals surface area contributed by atoms with Gasteiger partial charge in [0.1, 0.15) is 5.49 Å². The monoisotopic (exact) mass is 150 g/mol. The SMILES string of the molecule is Cc1ccn(C(C)C)c(=N)c1. The van der Waals surface area contributed by atoms with Crippen LogP contribution in [0.2, 0.25) is 0 Å². The van der Waals surface area contributed by atoms with Gasteiger partial charge in [-0.05, 0) is 38.5 Å². The number of hydrogen-bond acceptors (Lipinski definition) is 1. The fourth-order valence-corrected chi connectivity index (χ4v) is 1.07. The fourth-order valence-electron chi connectivity index (χ4n) is 1.07. The number of nitrogens with zero attached hydrogens (tertiary/aromatic N) is 1. The van der Waals surface area contributed by atoms with E-state index < -0.39 is 0 Å². The minimum atomic E-state index is 0.378. The van der Waals surface area contributed by atoms with Crippen LogP contribution < -0.4 is 5.49 Å². The molecule has 2 nitrogen and oxygen atoms in total. The van der Waals surface area contributed by atoms with E-state index in [1.54, 1.807) is 0 Å². The quantitative estimate of drug-likeness (QED) is 0.633. The van der Waals surface area contributed by atoms with Gasteiger partial charge in [-0.3, -0.25) is 5.41 Å². The van der Waals surface area contributed by atoms with Crippen LogP contribution in [0.4, 0.5) is 0 Å². The minimum Gasteiger partial charge on any atom is -0.331 e. The van der Waals surface area contributed by atoms with Crippen LogP contribution in [0, 0.1) is 12.3 Å². The lowest BCUT2D eigenvalue weighted by atomic mass is 10.3. The molecule has 1 heterocycles. The molecule has 0 unspecified atom stereocenters. The molecule has 1 rings (SSSR count). The van der Waals surface area contributed by atoms with Gasteiger partial charge in [-0.15, -0.1) is 0 Å². The van der Waals surface area contributed by atoms with Crippen LogP contribution in [0.25, 0.3) is 0 Å². The number of pyridine rings is 1. The van der Waals surface area contributed by atoms with Crippen molar-refractivity contribution in [2.45, 2.75) is 26.8 Å². The number of hydrogen-bond donors (Lipinski definition) is 1. The molecule has 0 aliphatic carbocycles. The van der Waals surface area contributed by atoms with Gasteiger partial charge < -0.3 is 4.57 Å². The van der Waals surface area contributed by atoms with Crippen LogP contribution in [-0.4, -0.2) is 4.57 Å². The van der Waals surface area contributed by atoms with E-state index >= 15 is 0 Å². The molecule has 0 atom stereocenters. The number of rotatable bonds is 1. The predicted octanol–water partition coefficient (Wildman–Crippen LogP) is 1.86. The van der Waals surface area contributed by atoms with Crippen LogP contribution in [-0.2, 0) is 0 Å². The molecule has 11 heavy (non-hydrogen) atoms. The van der Waals surface area contributed by atoms with E-state index in [-0.39, 0.29) is 0 Å². The Bertz CT molecular complexity index is 297. The molecular weight excluding hydrogens is 136 g/mol. The van der Waals surface area contributed by atoms with Gasteiger partial charge in [0.2, 0.25) is 0 Å². The summed E-state index contributed by atoms with van der Waals surface area (Å²) >= 11 is 0. The summed E-state index contributed by atoms with van der Waals surface area (Å²) in [6, 6.07) is 4.28. The van der Waals surface area contributed by atoms with Gasteiger partial charge in [-0.25, -0.2) is 0 Å². The third-order valence-electron chi connectivity index (χ3n) is 1.70. The van der Waals surface area contributed by atoms with E-state index in [1.165, 1.54) is 0 Å². The van der Waals surface area contributed by atoms with E-state index in [0.717, 1.165) is 5.56 Å². The predicted molar refractivity (Wildman–Crippen MR) is 45.4 cm³/mol. The molecule has 1 N–H and O–H groups in total. The van der Waals surface area contributed by atoms with Gasteiger partial charge in [0.15, 0.2) is 0 Å². The molecule has 0 spiro atoms. The van der Waals surface area contributed by atoms with Gasteiger partial charge in [0.05, 0.1) is 0 Å². The van der Waals surface area contributed by atoms with Gasteiger partial charge in [-0.1, -0.05) is 0 Å². The van der Waals surface area contributed by atoms with Crippen molar-refractivity contribution in [3.63, 3.8) is 0 Å². The molecule has 60 valence electrons. The summed E-state index contributed by atoms with van der Waals surface area (Å²) in [4.78, 5) is 0. The molecule has 1 aromatic rings. The topological polar surface area (TPSA) is 28.8 Å². The van der Waals surface area contributed by atoms with Crippen molar-refractivity contribution in [2.24, 2.45) is 0 Å². The van der Waals surface area contributed by atoms with Crippen LogP contribution in [0.3, 0.4) is 0 Å². The highest BCUT2D eigenvalue weighted by atomic mass is 15.0. The maximum Gasteiger partial charge on any atom is 0.125 e. The zero-order valence-corrected chi connectivity index (χ0v) is 7.26. The Morgan fingerprint density at radius 3 is 2.55 bits per heavy atom. The third kappa shape index (κ3) is 1.70. The van der Waals surface area contributed by atoms with Crippen molar-refractivity contribution >= 4 is 0 Å². The minimum absolute atomic E-state index is 0.378. The third-order valence-corrected chi connectivity index (χ3v) is 1.70. The van der Waals surface area contributed by atoms with Crippen LogP contribution in [0.15, 0.2) is 18.3 Å². The highest BCUT2D eigenvalue weighted by Crippen LogP contribution is 1.99. The van der Waals surface area contributed by atoms with Gasteiger partial charge in [0, 0.05) is 12.2 Å². The standard InChI is InChI=1S/C9H14N2/c1-7(2)11-5-4-8(3)6-9(11)10/h4-7,10H,1-3H3. The normalized spacial score (nSPS) is 10.5. The maximum absolute atomic E-state index is 7.60. The Kier molecular flexibility index (Phi) is 2.13. The molecule has 0 aliphatic rings. The first-order valence-electron chi connectivity index (χ1n) is 3.84. The summed E-state index contributed by atoms with van der Waals surface area (Å²) in [7, 11) is 0. The first-order valence-corrected chi connectivity index (χ1v) is 3.84.